The molecule has 35 heavy (non-hydrogen) atoms. The molecule has 0 aliphatic heterocycles. The van der Waals surface area contributed by atoms with E-state index in [0.29, 0.717) is 22.2 Å². The Kier molecular flexibility index (Phi) is 6.26. The summed E-state index contributed by atoms with van der Waals surface area (Å²) in [7, 11) is 0. The summed E-state index contributed by atoms with van der Waals surface area (Å²) in [6.07, 6.45) is 1.59. The highest BCUT2D eigenvalue weighted by Gasteiger charge is 2.26. The second-order valence-corrected chi connectivity index (χ2v) is 8.91. The molecule has 178 valence electrons. The number of benzene rings is 3. The number of halogens is 3. The van der Waals surface area contributed by atoms with Crippen LogP contribution in [0.15, 0.2) is 72.9 Å². The summed E-state index contributed by atoms with van der Waals surface area (Å²) < 4.78 is 35.6. The van der Waals surface area contributed by atoms with E-state index in [1.54, 1.807) is 61.5 Å². The summed E-state index contributed by atoms with van der Waals surface area (Å²) >= 11 is 6.16. The van der Waals surface area contributed by atoms with E-state index < -0.39 is 18.0 Å². The second-order valence-electron chi connectivity index (χ2n) is 8.50. The Morgan fingerprint density at radius 2 is 1.77 bits per heavy atom. The maximum atomic E-state index is 14.5. The highest BCUT2D eigenvalue weighted by molar-refractivity contribution is 6.31. The molecule has 1 heterocycles. The van der Waals surface area contributed by atoms with Crippen molar-refractivity contribution in [3.05, 3.63) is 101 Å². The Hall–Kier alpha value is -3.71. The van der Waals surface area contributed by atoms with Crippen molar-refractivity contribution in [3.63, 3.8) is 0 Å². The van der Waals surface area contributed by atoms with E-state index in [1.165, 1.54) is 4.68 Å². The van der Waals surface area contributed by atoms with Gasteiger partial charge in [0.1, 0.15) is 11.9 Å². The van der Waals surface area contributed by atoms with Gasteiger partial charge in [0.2, 0.25) is 0 Å². The molecule has 0 saturated heterocycles. The SMILES string of the molecule is C[C@@H](OC(=O)Nc1c(F)cnn1-c1ccc(-c2ccc(C3CC3)c(F)c2)cc1)c1ccccc1Cl. The monoisotopic (exact) mass is 493 g/mol. The molecule has 1 aliphatic carbocycles. The second kappa shape index (κ2) is 9.50. The number of anilines is 1. The van der Waals surface area contributed by atoms with Crippen LogP contribution in [0.25, 0.3) is 16.8 Å². The summed E-state index contributed by atoms with van der Waals surface area (Å²) in [5.74, 6) is -0.728. The average Bonchev–Trinajstić information content (AvgIpc) is 3.63. The van der Waals surface area contributed by atoms with Crippen LogP contribution < -0.4 is 5.32 Å². The van der Waals surface area contributed by atoms with Crippen molar-refractivity contribution in [2.24, 2.45) is 0 Å². The first-order valence-electron chi connectivity index (χ1n) is 11.3. The Bertz CT molecular complexity index is 1380. The number of carbonyl (C=O) groups excluding carboxylic acids is 1. The molecule has 0 spiro atoms. The molecule has 1 atom stereocenters. The maximum absolute atomic E-state index is 14.5. The Morgan fingerprint density at radius 3 is 2.46 bits per heavy atom. The van der Waals surface area contributed by atoms with Crippen LogP contribution in [0.3, 0.4) is 0 Å². The Labute approximate surface area is 206 Å². The van der Waals surface area contributed by atoms with Gasteiger partial charge in [0.25, 0.3) is 0 Å². The van der Waals surface area contributed by atoms with Crippen LogP contribution in [0, 0.1) is 11.6 Å². The van der Waals surface area contributed by atoms with Gasteiger partial charge in [-0.05, 0) is 66.6 Å². The van der Waals surface area contributed by atoms with Crippen molar-refractivity contribution in [3.8, 4) is 16.8 Å². The largest absolute Gasteiger partial charge is 0.441 e. The normalized spacial score (nSPS) is 13.9. The van der Waals surface area contributed by atoms with Crippen molar-refractivity contribution >= 4 is 23.5 Å². The lowest BCUT2D eigenvalue weighted by Gasteiger charge is -2.16. The first kappa shape index (κ1) is 23.1. The van der Waals surface area contributed by atoms with Crippen LogP contribution in [-0.4, -0.2) is 15.9 Å². The molecule has 5 rings (SSSR count). The molecule has 1 saturated carbocycles. The van der Waals surface area contributed by atoms with E-state index in [4.69, 9.17) is 16.3 Å². The Balaban J connectivity index is 1.32. The summed E-state index contributed by atoms with van der Waals surface area (Å²) in [6, 6.07) is 19.3. The van der Waals surface area contributed by atoms with Gasteiger partial charge in [-0.15, -0.1) is 0 Å². The van der Waals surface area contributed by atoms with Crippen molar-refractivity contribution in [2.45, 2.75) is 31.8 Å². The fraction of sp³-hybridized carbons (Fsp3) is 0.185. The summed E-state index contributed by atoms with van der Waals surface area (Å²) in [5, 5.41) is 6.92. The van der Waals surface area contributed by atoms with E-state index in [1.807, 2.05) is 12.1 Å². The lowest BCUT2D eigenvalue weighted by atomic mass is 10.0. The van der Waals surface area contributed by atoms with Crippen LogP contribution in [-0.2, 0) is 4.74 Å². The molecule has 4 aromatic rings. The number of carbonyl (C=O) groups is 1. The van der Waals surface area contributed by atoms with E-state index in [0.717, 1.165) is 35.7 Å². The van der Waals surface area contributed by atoms with Crippen molar-refractivity contribution < 1.29 is 18.3 Å². The standard InChI is InChI=1S/C27H22ClF2N3O2/c1-16(21-4-2-3-5-23(21)28)35-27(34)32-26-25(30)15-31-33(26)20-11-8-17(9-12-20)19-10-13-22(18-6-7-18)24(29)14-19/h2-5,8-16,18H,6-7H2,1H3,(H,32,34)/t16-/m1/s1. The van der Waals surface area contributed by atoms with Gasteiger partial charge in [0.05, 0.1) is 11.9 Å². The number of rotatable bonds is 6. The fourth-order valence-electron chi connectivity index (χ4n) is 4.02. The van der Waals surface area contributed by atoms with E-state index >= 15 is 0 Å². The van der Waals surface area contributed by atoms with Gasteiger partial charge in [0, 0.05) is 10.6 Å². The third-order valence-electron chi connectivity index (χ3n) is 6.03. The fourth-order valence-corrected chi connectivity index (χ4v) is 4.31. The zero-order valence-electron chi connectivity index (χ0n) is 18.8. The smallest absolute Gasteiger partial charge is 0.413 e. The minimum absolute atomic E-state index is 0.158. The summed E-state index contributed by atoms with van der Waals surface area (Å²) in [6.45, 7) is 1.67. The van der Waals surface area contributed by atoms with Gasteiger partial charge in [0.15, 0.2) is 11.6 Å². The number of hydrogen-bond donors (Lipinski definition) is 1. The Morgan fingerprint density at radius 1 is 1.06 bits per heavy atom. The van der Waals surface area contributed by atoms with E-state index in [2.05, 4.69) is 10.4 Å². The molecule has 0 unspecified atom stereocenters. The molecule has 1 aromatic heterocycles. The third-order valence-corrected chi connectivity index (χ3v) is 6.38. The minimum Gasteiger partial charge on any atom is -0.441 e. The van der Waals surface area contributed by atoms with Crippen LogP contribution in [0.2, 0.25) is 5.02 Å². The van der Waals surface area contributed by atoms with Crippen LogP contribution in [0.5, 0.6) is 0 Å². The minimum atomic E-state index is -0.846. The summed E-state index contributed by atoms with van der Waals surface area (Å²) in [5.41, 5.74) is 3.48. The number of nitrogens with one attached hydrogen (secondary N) is 1. The third kappa shape index (κ3) is 4.91. The van der Waals surface area contributed by atoms with Gasteiger partial charge in [-0.1, -0.05) is 54.1 Å². The van der Waals surface area contributed by atoms with Crippen LogP contribution in [0.4, 0.5) is 19.4 Å². The van der Waals surface area contributed by atoms with Gasteiger partial charge < -0.3 is 4.74 Å². The lowest BCUT2D eigenvalue weighted by molar-refractivity contribution is 0.121. The maximum Gasteiger partial charge on any atom is 0.413 e. The first-order chi connectivity index (χ1) is 16.9. The molecule has 5 nitrogen and oxygen atoms in total. The predicted octanol–water partition coefficient (Wildman–Crippen LogP) is 7.66. The molecule has 0 radical (unpaired) electrons. The van der Waals surface area contributed by atoms with Crippen molar-refractivity contribution in [1.82, 2.24) is 9.78 Å². The number of aromatic nitrogens is 2. The van der Waals surface area contributed by atoms with Gasteiger partial charge in [-0.3, -0.25) is 5.32 Å². The number of amides is 1. The van der Waals surface area contributed by atoms with E-state index in [9.17, 15) is 13.6 Å². The average molecular weight is 494 g/mol. The predicted molar refractivity (Wildman–Crippen MR) is 131 cm³/mol. The highest BCUT2D eigenvalue weighted by Crippen LogP contribution is 2.42. The molecular formula is C27H22ClF2N3O2. The zero-order valence-corrected chi connectivity index (χ0v) is 19.6. The molecule has 1 aliphatic rings. The van der Waals surface area contributed by atoms with Gasteiger partial charge >= 0.3 is 6.09 Å². The van der Waals surface area contributed by atoms with Crippen LogP contribution in [0.1, 0.15) is 42.9 Å². The topological polar surface area (TPSA) is 56.1 Å². The molecule has 1 amide bonds. The lowest BCUT2D eigenvalue weighted by Crippen LogP contribution is -2.19. The number of ether oxygens (including phenoxy) is 1. The molecular weight excluding hydrogens is 472 g/mol. The first-order valence-corrected chi connectivity index (χ1v) is 11.6. The molecule has 1 fully saturated rings. The molecule has 8 heteroatoms. The molecule has 1 N–H and O–H groups in total. The highest BCUT2D eigenvalue weighted by atomic mass is 35.5. The molecule has 0 bridgehead atoms. The van der Waals surface area contributed by atoms with E-state index in [-0.39, 0.29) is 11.6 Å². The van der Waals surface area contributed by atoms with Crippen LogP contribution >= 0.6 is 11.6 Å². The quantitative estimate of drug-likeness (QED) is 0.300. The van der Waals surface area contributed by atoms with Crippen molar-refractivity contribution in [1.29, 1.82) is 0 Å². The number of hydrogen-bond acceptors (Lipinski definition) is 3. The van der Waals surface area contributed by atoms with Gasteiger partial charge in [-0.25, -0.2) is 18.3 Å². The molecule has 3 aromatic carbocycles. The zero-order chi connectivity index (χ0) is 24.5. The summed E-state index contributed by atoms with van der Waals surface area (Å²) in [4.78, 5) is 12.5. The number of nitrogens with zero attached hydrogens (tertiary/aromatic N) is 2. The van der Waals surface area contributed by atoms with Gasteiger partial charge in [-0.2, -0.15) is 5.10 Å². The van der Waals surface area contributed by atoms with Crippen molar-refractivity contribution in [2.75, 3.05) is 5.32 Å².